The summed E-state index contributed by atoms with van der Waals surface area (Å²) in [7, 11) is 0. The molecule has 2 rings (SSSR count). The summed E-state index contributed by atoms with van der Waals surface area (Å²) in [5.41, 5.74) is 0.903. The van der Waals surface area contributed by atoms with Crippen LogP contribution in [0.1, 0.15) is 6.42 Å². The lowest BCUT2D eigenvalue weighted by atomic mass is 10.2. The molecular weight excluding hydrogens is 308 g/mol. The molecule has 2 aromatic rings. The van der Waals surface area contributed by atoms with Gasteiger partial charge in [0.25, 0.3) is 0 Å². The number of carbonyl (C=O) groups excluding carboxylic acids is 1. The molecule has 1 heterocycles. The van der Waals surface area contributed by atoms with E-state index in [1.54, 1.807) is 0 Å². The fraction of sp³-hybridized carbons (Fsp3) is 0.214. The molecule has 0 fully saturated rings. The molecule has 0 aliphatic rings. The van der Waals surface area contributed by atoms with Gasteiger partial charge in [-0.3, -0.25) is 4.79 Å². The van der Waals surface area contributed by atoms with E-state index >= 15 is 0 Å². The van der Waals surface area contributed by atoms with Crippen molar-refractivity contribution in [3.8, 4) is 0 Å². The van der Waals surface area contributed by atoms with E-state index in [1.165, 1.54) is 29.2 Å². The van der Waals surface area contributed by atoms with Crippen LogP contribution >= 0.6 is 23.1 Å². The van der Waals surface area contributed by atoms with E-state index < -0.39 is 12.0 Å². The third-order valence-electron chi connectivity index (χ3n) is 2.64. The van der Waals surface area contributed by atoms with Crippen LogP contribution in [0.2, 0.25) is 0 Å². The van der Waals surface area contributed by atoms with E-state index in [0.29, 0.717) is 0 Å². The first-order valence-corrected chi connectivity index (χ1v) is 8.02. The van der Waals surface area contributed by atoms with Gasteiger partial charge in [0, 0.05) is 0 Å². The molecule has 5 nitrogen and oxygen atoms in total. The van der Waals surface area contributed by atoms with Gasteiger partial charge in [-0.05, 0) is 18.6 Å². The molecule has 1 unspecified atom stereocenters. The molecular formula is C14H14N2O3S2. The van der Waals surface area contributed by atoms with Gasteiger partial charge in [-0.25, -0.2) is 9.78 Å². The highest BCUT2D eigenvalue weighted by atomic mass is 32.2. The van der Waals surface area contributed by atoms with Crippen molar-refractivity contribution in [2.45, 2.75) is 16.8 Å². The Morgan fingerprint density at radius 2 is 2.24 bits per heavy atom. The number of thioether (sulfide) groups is 1. The minimum atomic E-state index is -1.06. The molecule has 0 saturated carbocycles. The predicted molar refractivity (Wildman–Crippen MR) is 84.7 cm³/mol. The van der Waals surface area contributed by atoms with Gasteiger partial charge in [-0.2, -0.15) is 0 Å². The Bertz CT molecular complexity index is 636. The second-order valence-electron chi connectivity index (χ2n) is 4.22. The van der Waals surface area contributed by atoms with Gasteiger partial charge in [-0.1, -0.05) is 30.0 Å². The van der Waals surface area contributed by atoms with Gasteiger partial charge in [-0.15, -0.1) is 17.9 Å². The number of aromatic nitrogens is 1. The molecule has 21 heavy (non-hydrogen) atoms. The van der Waals surface area contributed by atoms with Crippen LogP contribution in [-0.4, -0.2) is 33.8 Å². The molecule has 0 aliphatic carbocycles. The highest BCUT2D eigenvalue weighted by Gasteiger charge is 2.18. The van der Waals surface area contributed by atoms with Crippen molar-refractivity contribution in [3.05, 3.63) is 36.9 Å². The summed E-state index contributed by atoms with van der Waals surface area (Å²) in [5, 5.41) is 11.4. The summed E-state index contributed by atoms with van der Waals surface area (Å²) in [6.45, 7) is 3.48. The number of amides is 1. The molecule has 0 bridgehead atoms. The largest absolute Gasteiger partial charge is 0.480 e. The molecule has 0 spiro atoms. The molecule has 7 heteroatoms. The zero-order valence-corrected chi connectivity index (χ0v) is 12.7. The number of thiazole rings is 1. The molecule has 1 aromatic heterocycles. The number of aliphatic carboxylic acids is 1. The smallest absolute Gasteiger partial charge is 0.326 e. The lowest BCUT2D eigenvalue weighted by Crippen LogP contribution is -2.41. The number of carboxylic acids is 1. The molecule has 2 N–H and O–H groups in total. The summed E-state index contributed by atoms with van der Waals surface area (Å²) in [6, 6.07) is 6.82. The number of para-hydroxylation sites is 1. The fourth-order valence-corrected chi connectivity index (χ4v) is 3.54. The van der Waals surface area contributed by atoms with Gasteiger partial charge in [0.05, 0.1) is 16.0 Å². The van der Waals surface area contributed by atoms with Crippen molar-refractivity contribution in [2.75, 3.05) is 5.75 Å². The normalized spacial score (nSPS) is 12.0. The number of nitrogens with one attached hydrogen (secondary N) is 1. The SMILES string of the molecule is C=CCC(NC(=O)CSc1nc2ccccc2s1)C(=O)O. The van der Waals surface area contributed by atoms with Crippen LogP contribution in [-0.2, 0) is 9.59 Å². The Hall–Kier alpha value is -1.86. The van der Waals surface area contributed by atoms with E-state index in [1.807, 2.05) is 24.3 Å². The molecule has 1 aromatic carbocycles. The molecule has 0 aliphatic heterocycles. The van der Waals surface area contributed by atoms with Crippen molar-refractivity contribution < 1.29 is 14.7 Å². The summed E-state index contributed by atoms with van der Waals surface area (Å²) in [6.07, 6.45) is 1.67. The van der Waals surface area contributed by atoms with Crippen molar-refractivity contribution >= 4 is 45.2 Å². The number of hydrogen-bond donors (Lipinski definition) is 2. The Kier molecular flexibility index (Phi) is 5.35. The van der Waals surface area contributed by atoms with E-state index in [2.05, 4.69) is 16.9 Å². The first kappa shape index (κ1) is 15.5. The standard InChI is InChI=1S/C14H14N2O3S2/c1-2-5-10(13(18)19)15-12(17)8-20-14-16-9-6-3-4-7-11(9)21-14/h2-4,6-7,10H,1,5,8H2,(H,15,17)(H,18,19). The fourth-order valence-electron chi connectivity index (χ4n) is 1.66. The number of fused-ring (bicyclic) bond motifs is 1. The second-order valence-corrected chi connectivity index (χ2v) is 6.47. The Balaban J connectivity index is 1.91. The van der Waals surface area contributed by atoms with E-state index in [9.17, 15) is 9.59 Å². The van der Waals surface area contributed by atoms with Crippen LogP contribution in [0.15, 0.2) is 41.3 Å². The van der Waals surface area contributed by atoms with Crippen LogP contribution in [0, 0.1) is 0 Å². The van der Waals surface area contributed by atoms with Crippen LogP contribution in [0.4, 0.5) is 0 Å². The maximum atomic E-state index is 11.8. The van der Waals surface area contributed by atoms with Crippen LogP contribution < -0.4 is 5.32 Å². The van der Waals surface area contributed by atoms with E-state index in [0.717, 1.165) is 14.6 Å². The quantitative estimate of drug-likeness (QED) is 0.605. The lowest BCUT2D eigenvalue weighted by molar-refractivity contribution is -0.141. The van der Waals surface area contributed by atoms with Gasteiger partial charge >= 0.3 is 5.97 Å². The second kappa shape index (κ2) is 7.24. The summed E-state index contributed by atoms with van der Waals surface area (Å²) < 4.78 is 1.86. The van der Waals surface area contributed by atoms with E-state index in [4.69, 9.17) is 5.11 Å². The van der Waals surface area contributed by atoms with Crippen LogP contribution in [0.5, 0.6) is 0 Å². The summed E-state index contributed by atoms with van der Waals surface area (Å²) >= 11 is 2.82. The zero-order valence-electron chi connectivity index (χ0n) is 11.1. The number of nitrogens with zero attached hydrogens (tertiary/aromatic N) is 1. The summed E-state index contributed by atoms with van der Waals surface area (Å²) in [4.78, 5) is 27.1. The maximum absolute atomic E-state index is 11.8. The highest BCUT2D eigenvalue weighted by molar-refractivity contribution is 8.01. The molecule has 1 amide bonds. The van der Waals surface area contributed by atoms with Crippen molar-refractivity contribution in [1.29, 1.82) is 0 Å². The van der Waals surface area contributed by atoms with Gasteiger partial charge < -0.3 is 10.4 Å². The average molecular weight is 322 g/mol. The number of benzene rings is 1. The number of hydrogen-bond acceptors (Lipinski definition) is 5. The first-order valence-electron chi connectivity index (χ1n) is 6.21. The Labute approximate surface area is 130 Å². The zero-order chi connectivity index (χ0) is 15.2. The first-order chi connectivity index (χ1) is 10.1. The maximum Gasteiger partial charge on any atom is 0.326 e. The third-order valence-corrected chi connectivity index (χ3v) is 4.82. The Morgan fingerprint density at radius 3 is 2.90 bits per heavy atom. The molecule has 0 radical (unpaired) electrons. The molecule has 0 saturated heterocycles. The van der Waals surface area contributed by atoms with E-state index in [-0.39, 0.29) is 18.1 Å². The Morgan fingerprint density at radius 1 is 1.48 bits per heavy atom. The average Bonchev–Trinajstić information content (AvgIpc) is 2.87. The van der Waals surface area contributed by atoms with Crippen LogP contribution in [0.3, 0.4) is 0 Å². The topological polar surface area (TPSA) is 79.3 Å². The number of carbonyl (C=O) groups is 2. The third kappa shape index (κ3) is 4.30. The van der Waals surface area contributed by atoms with Crippen molar-refractivity contribution in [1.82, 2.24) is 10.3 Å². The van der Waals surface area contributed by atoms with Crippen molar-refractivity contribution in [2.24, 2.45) is 0 Å². The summed E-state index contributed by atoms with van der Waals surface area (Å²) in [5.74, 6) is -1.25. The number of rotatable bonds is 7. The monoisotopic (exact) mass is 322 g/mol. The minimum Gasteiger partial charge on any atom is -0.480 e. The van der Waals surface area contributed by atoms with Gasteiger partial charge in [0.15, 0.2) is 4.34 Å². The van der Waals surface area contributed by atoms with Gasteiger partial charge in [0.1, 0.15) is 6.04 Å². The highest BCUT2D eigenvalue weighted by Crippen LogP contribution is 2.28. The minimum absolute atomic E-state index is 0.140. The molecule has 1 atom stereocenters. The van der Waals surface area contributed by atoms with Crippen molar-refractivity contribution in [3.63, 3.8) is 0 Å². The van der Waals surface area contributed by atoms with Gasteiger partial charge in [0.2, 0.25) is 5.91 Å². The van der Waals surface area contributed by atoms with Crippen LogP contribution in [0.25, 0.3) is 10.2 Å². The predicted octanol–water partition coefficient (Wildman–Crippen LogP) is 2.53. The molecule has 110 valence electrons. The lowest BCUT2D eigenvalue weighted by Gasteiger charge is -2.11. The number of carboxylic acid groups (broad SMARTS) is 1.